The minimum Gasteiger partial charge on any atom is -0.462 e. The lowest BCUT2D eigenvalue weighted by Crippen LogP contribution is -2.44. The van der Waals surface area contributed by atoms with Crippen molar-refractivity contribution in [3.8, 4) is 0 Å². The second-order valence-corrected chi connectivity index (χ2v) is 3.36. The number of hydrogen-bond acceptors (Lipinski definition) is 4. The standard InChI is InChI=1S/C9H16N2O3/c1-14-9(13)8(12)11-7-4-2-3-5-10-6-7/h7,10H,2-6H2,1H3,(H,11,12). The van der Waals surface area contributed by atoms with E-state index >= 15 is 0 Å². The molecule has 14 heavy (non-hydrogen) atoms. The van der Waals surface area contributed by atoms with Crippen LogP contribution in [-0.2, 0) is 14.3 Å². The highest BCUT2D eigenvalue weighted by Gasteiger charge is 2.19. The fraction of sp³-hybridized carbons (Fsp3) is 0.778. The Morgan fingerprint density at radius 3 is 2.93 bits per heavy atom. The van der Waals surface area contributed by atoms with Gasteiger partial charge in [0, 0.05) is 12.6 Å². The van der Waals surface area contributed by atoms with Crippen LogP contribution in [0.1, 0.15) is 19.3 Å². The fourth-order valence-electron chi connectivity index (χ4n) is 1.48. The SMILES string of the molecule is COC(=O)C(=O)NC1CCCCNC1. The molecule has 1 aliphatic rings. The van der Waals surface area contributed by atoms with Gasteiger partial charge in [-0.1, -0.05) is 6.42 Å². The largest absolute Gasteiger partial charge is 0.462 e. The van der Waals surface area contributed by atoms with E-state index in [1.807, 2.05) is 0 Å². The number of carbonyl (C=O) groups is 2. The molecule has 0 aromatic carbocycles. The summed E-state index contributed by atoms with van der Waals surface area (Å²) in [6.07, 6.45) is 3.10. The zero-order chi connectivity index (χ0) is 10.4. The van der Waals surface area contributed by atoms with E-state index in [2.05, 4.69) is 15.4 Å². The Bertz CT molecular complexity index is 210. The number of nitrogens with one attached hydrogen (secondary N) is 2. The number of rotatable bonds is 1. The summed E-state index contributed by atoms with van der Waals surface area (Å²) in [5, 5.41) is 5.83. The van der Waals surface area contributed by atoms with Crippen LogP contribution in [0.25, 0.3) is 0 Å². The van der Waals surface area contributed by atoms with Crippen molar-refractivity contribution in [1.29, 1.82) is 0 Å². The molecule has 1 heterocycles. The van der Waals surface area contributed by atoms with Gasteiger partial charge in [0.25, 0.3) is 0 Å². The third kappa shape index (κ3) is 3.33. The molecule has 1 amide bonds. The Kier molecular flexibility index (Phi) is 4.39. The minimum atomic E-state index is -0.825. The van der Waals surface area contributed by atoms with Gasteiger partial charge in [0.05, 0.1) is 7.11 Å². The molecule has 0 bridgehead atoms. The second-order valence-electron chi connectivity index (χ2n) is 3.36. The summed E-state index contributed by atoms with van der Waals surface area (Å²) in [6, 6.07) is 0.0455. The monoisotopic (exact) mass is 200 g/mol. The molecule has 1 rings (SSSR count). The molecule has 1 saturated heterocycles. The van der Waals surface area contributed by atoms with Crippen LogP contribution in [0.5, 0.6) is 0 Å². The van der Waals surface area contributed by atoms with Crippen LogP contribution >= 0.6 is 0 Å². The highest BCUT2D eigenvalue weighted by molar-refractivity contribution is 6.32. The van der Waals surface area contributed by atoms with Crippen molar-refractivity contribution in [2.24, 2.45) is 0 Å². The normalized spacial score (nSPS) is 22.2. The lowest BCUT2D eigenvalue weighted by Gasteiger charge is -2.14. The van der Waals surface area contributed by atoms with E-state index in [0.29, 0.717) is 0 Å². The van der Waals surface area contributed by atoms with E-state index in [1.54, 1.807) is 0 Å². The van der Waals surface area contributed by atoms with Crippen LogP contribution in [0.2, 0.25) is 0 Å². The first-order valence-corrected chi connectivity index (χ1v) is 4.83. The van der Waals surface area contributed by atoms with Gasteiger partial charge in [-0.3, -0.25) is 4.79 Å². The summed E-state index contributed by atoms with van der Waals surface area (Å²) in [6.45, 7) is 1.70. The van der Waals surface area contributed by atoms with Crippen molar-refractivity contribution in [3.63, 3.8) is 0 Å². The molecular formula is C9H16N2O3. The number of amides is 1. The van der Waals surface area contributed by atoms with Crippen LogP contribution < -0.4 is 10.6 Å². The van der Waals surface area contributed by atoms with Crippen LogP contribution in [0, 0.1) is 0 Å². The van der Waals surface area contributed by atoms with Crippen molar-refractivity contribution in [3.05, 3.63) is 0 Å². The molecule has 5 nitrogen and oxygen atoms in total. The second kappa shape index (κ2) is 5.59. The van der Waals surface area contributed by atoms with Gasteiger partial charge in [-0.15, -0.1) is 0 Å². The molecule has 0 saturated carbocycles. The van der Waals surface area contributed by atoms with E-state index < -0.39 is 11.9 Å². The molecule has 5 heteroatoms. The molecule has 1 aliphatic heterocycles. The van der Waals surface area contributed by atoms with E-state index in [1.165, 1.54) is 7.11 Å². The first-order chi connectivity index (χ1) is 6.74. The Balaban J connectivity index is 2.34. The maximum Gasteiger partial charge on any atom is 0.396 e. The molecule has 1 unspecified atom stereocenters. The summed E-state index contributed by atoms with van der Waals surface area (Å²) in [4.78, 5) is 22.0. The predicted molar refractivity (Wildman–Crippen MR) is 50.7 cm³/mol. The van der Waals surface area contributed by atoms with Gasteiger partial charge in [0.15, 0.2) is 0 Å². The lowest BCUT2D eigenvalue weighted by atomic mass is 10.1. The van der Waals surface area contributed by atoms with Gasteiger partial charge in [-0.05, 0) is 19.4 Å². The van der Waals surface area contributed by atoms with E-state index in [-0.39, 0.29) is 6.04 Å². The van der Waals surface area contributed by atoms with Crippen molar-refractivity contribution in [2.75, 3.05) is 20.2 Å². The highest BCUT2D eigenvalue weighted by atomic mass is 16.5. The number of carbonyl (C=O) groups excluding carboxylic acids is 2. The van der Waals surface area contributed by atoms with Gasteiger partial charge in [0.1, 0.15) is 0 Å². The Hall–Kier alpha value is -1.10. The molecule has 0 aromatic heterocycles. The average Bonchev–Trinajstić information content (AvgIpc) is 2.45. The summed E-state index contributed by atoms with van der Waals surface area (Å²) in [7, 11) is 1.20. The number of esters is 1. The van der Waals surface area contributed by atoms with Crippen molar-refractivity contribution in [1.82, 2.24) is 10.6 Å². The third-order valence-corrected chi connectivity index (χ3v) is 2.25. The van der Waals surface area contributed by atoms with Crippen molar-refractivity contribution in [2.45, 2.75) is 25.3 Å². The van der Waals surface area contributed by atoms with Gasteiger partial charge >= 0.3 is 11.9 Å². The van der Waals surface area contributed by atoms with E-state index in [0.717, 1.165) is 32.4 Å². The van der Waals surface area contributed by atoms with Crippen molar-refractivity contribution >= 4 is 11.9 Å². The molecule has 0 spiro atoms. The van der Waals surface area contributed by atoms with Gasteiger partial charge in [-0.25, -0.2) is 4.79 Å². The van der Waals surface area contributed by atoms with Gasteiger partial charge in [0.2, 0.25) is 0 Å². The minimum absolute atomic E-state index is 0.0455. The predicted octanol–water partition coefficient (Wildman–Crippen LogP) is -0.582. The highest BCUT2D eigenvalue weighted by Crippen LogP contribution is 2.03. The third-order valence-electron chi connectivity index (χ3n) is 2.25. The molecule has 0 radical (unpaired) electrons. The Morgan fingerprint density at radius 1 is 1.43 bits per heavy atom. The summed E-state index contributed by atoms with van der Waals surface area (Å²) < 4.78 is 4.31. The number of methoxy groups -OCH3 is 1. The first-order valence-electron chi connectivity index (χ1n) is 4.83. The summed E-state index contributed by atoms with van der Waals surface area (Å²) >= 11 is 0. The van der Waals surface area contributed by atoms with E-state index in [4.69, 9.17) is 0 Å². The van der Waals surface area contributed by atoms with Gasteiger partial charge in [-0.2, -0.15) is 0 Å². The van der Waals surface area contributed by atoms with Gasteiger partial charge < -0.3 is 15.4 Å². The zero-order valence-electron chi connectivity index (χ0n) is 8.34. The molecule has 0 aromatic rings. The summed E-state index contributed by atoms with van der Waals surface area (Å²) in [5.41, 5.74) is 0. The van der Waals surface area contributed by atoms with Crippen LogP contribution in [0.3, 0.4) is 0 Å². The van der Waals surface area contributed by atoms with Crippen LogP contribution in [0.15, 0.2) is 0 Å². The first kappa shape index (κ1) is 11.0. The Morgan fingerprint density at radius 2 is 2.21 bits per heavy atom. The fourth-order valence-corrected chi connectivity index (χ4v) is 1.48. The molecule has 80 valence electrons. The summed E-state index contributed by atoms with van der Waals surface area (Å²) in [5.74, 6) is -1.48. The smallest absolute Gasteiger partial charge is 0.396 e. The Labute approximate surface area is 83.2 Å². The quantitative estimate of drug-likeness (QED) is 0.439. The topological polar surface area (TPSA) is 67.4 Å². The van der Waals surface area contributed by atoms with E-state index in [9.17, 15) is 9.59 Å². The zero-order valence-corrected chi connectivity index (χ0v) is 8.34. The lowest BCUT2D eigenvalue weighted by molar-refractivity contribution is -0.153. The van der Waals surface area contributed by atoms with Crippen molar-refractivity contribution < 1.29 is 14.3 Å². The molecule has 2 N–H and O–H groups in total. The number of hydrogen-bond donors (Lipinski definition) is 2. The molecular weight excluding hydrogens is 184 g/mol. The van der Waals surface area contributed by atoms with Crippen LogP contribution in [0.4, 0.5) is 0 Å². The molecule has 0 aliphatic carbocycles. The average molecular weight is 200 g/mol. The maximum absolute atomic E-state index is 11.1. The molecule has 1 atom stereocenters. The molecule has 1 fully saturated rings. The van der Waals surface area contributed by atoms with Crippen LogP contribution in [-0.4, -0.2) is 38.1 Å². The maximum atomic E-state index is 11.1. The number of ether oxygens (including phenoxy) is 1.